The van der Waals surface area contributed by atoms with E-state index in [9.17, 15) is 12.8 Å². The summed E-state index contributed by atoms with van der Waals surface area (Å²) in [5.74, 6) is -0.548. The minimum Gasteiger partial charge on any atom is -0.312 e. The lowest BCUT2D eigenvalue weighted by Gasteiger charge is -2.31. The highest BCUT2D eigenvalue weighted by Gasteiger charge is 2.30. The molecular weight excluding hydrogens is 314 g/mol. The number of sulfonamides is 1. The van der Waals surface area contributed by atoms with E-state index in [2.05, 4.69) is 5.32 Å². The SMILES string of the molecule is C[C@H]1CN(S(=O)(=O)c2ccc(F)cc2Cl)CCN1.Cl. The van der Waals surface area contributed by atoms with Crippen LogP contribution in [-0.2, 0) is 10.0 Å². The predicted molar refractivity (Wildman–Crippen MR) is 74.9 cm³/mol. The fourth-order valence-electron chi connectivity index (χ4n) is 1.94. The molecule has 4 nitrogen and oxygen atoms in total. The summed E-state index contributed by atoms with van der Waals surface area (Å²) in [4.78, 5) is -0.0420. The van der Waals surface area contributed by atoms with Crippen molar-refractivity contribution >= 4 is 34.0 Å². The van der Waals surface area contributed by atoms with Crippen LogP contribution >= 0.6 is 24.0 Å². The summed E-state index contributed by atoms with van der Waals surface area (Å²) in [5, 5.41) is 3.08. The Morgan fingerprint density at radius 1 is 1.47 bits per heavy atom. The van der Waals surface area contributed by atoms with Crippen LogP contribution in [-0.4, -0.2) is 38.4 Å². The van der Waals surface area contributed by atoms with E-state index in [1.807, 2.05) is 6.92 Å². The Bertz CT molecular complexity index is 554. The van der Waals surface area contributed by atoms with E-state index in [-0.39, 0.29) is 28.4 Å². The largest absolute Gasteiger partial charge is 0.312 e. The second-order valence-electron chi connectivity index (χ2n) is 4.29. The first-order valence-electron chi connectivity index (χ1n) is 5.60. The molecule has 1 saturated heterocycles. The molecule has 19 heavy (non-hydrogen) atoms. The Kier molecular flexibility index (Phi) is 5.58. The average Bonchev–Trinajstić information content (AvgIpc) is 2.28. The third-order valence-corrected chi connectivity index (χ3v) is 5.19. The van der Waals surface area contributed by atoms with E-state index in [1.54, 1.807) is 0 Å². The van der Waals surface area contributed by atoms with Gasteiger partial charge in [0, 0.05) is 25.7 Å². The number of halogens is 3. The Labute approximate surface area is 123 Å². The molecule has 1 heterocycles. The number of nitrogens with zero attached hydrogens (tertiary/aromatic N) is 1. The molecule has 1 atom stereocenters. The third kappa shape index (κ3) is 3.58. The molecule has 1 N–H and O–H groups in total. The Balaban J connectivity index is 0.00000180. The van der Waals surface area contributed by atoms with Crippen molar-refractivity contribution in [1.29, 1.82) is 0 Å². The van der Waals surface area contributed by atoms with Crippen molar-refractivity contribution < 1.29 is 12.8 Å². The summed E-state index contributed by atoms with van der Waals surface area (Å²) in [7, 11) is -3.65. The van der Waals surface area contributed by atoms with Gasteiger partial charge in [-0.2, -0.15) is 4.31 Å². The first-order chi connectivity index (χ1) is 8.41. The molecule has 1 aromatic carbocycles. The number of rotatable bonds is 2. The third-order valence-electron chi connectivity index (χ3n) is 2.84. The van der Waals surface area contributed by atoms with E-state index in [0.717, 1.165) is 12.1 Å². The number of benzene rings is 1. The molecule has 0 aliphatic carbocycles. The first-order valence-corrected chi connectivity index (χ1v) is 7.41. The van der Waals surface area contributed by atoms with Crippen molar-refractivity contribution in [3.8, 4) is 0 Å². The number of piperazine rings is 1. The lowest BCUT2D eigenvalue weighted by Crippen LogP contribution is -2.51. The highest BCUT2D eigenvalue weighted by molar-refractivity contribution is 7.89. The zero-order chi connectivity index (χ0) is 13.3. The molecule has 0 radical (unpaired) electrons. The van der Waals surface area contributed by atoms with Crippen molar-refractivity contribution in [2.75, 3.05) is 19.6 Å². The number of hydrogen-bond donors (Lipinski definition) is 1. The Morgan fingerprint density at radius 2 is 2.16 bits per heavy atom. The maximum Gasteiger partial charge on any atom is 0.244 e. The molecule has 0 aromatic heterocycles. The Hall–Kier alpha value is -0.400. The summed E-state index contributed by atoms with van der Waals surface area (Å²) >= 11 is 5.81. The zero-order valence-electron chi connectivity index (χ0n) is 10.3. The summed E-state index contributed by atoms with van der Waals surface area (Å²) in [5.41, 5.74) is 0. The van der Waals surface area contributed by atoms with Gasteiger partial charge in [-0.25, -0.2) is 12.8 Å². The van der Waals surface area contributed by atoms with Gasteiger partial charge in [0.25, 0.3) is 0 Å². The Morgan fingerprint density at radius 3 is 2.74 bits per heavy atom. The maximum atomic E-state index is 12.9. The molecule has 2 rings (SSSR count). The summed E-state index contributed by atoms with van der Waals surface area (Å²) < 4.78 is 39.0. The van der Waals surface area contributed by atoms with Crippen molar-refractivity contribution in [3.63, 3.8) is 0 Å². The fraction of sp³-hybridized carbons (Fsp3) is 0.455. The quantitative estimate of drug-likeness (QED) is 0.901. The smallest absolute Gasteiger partial charge is 0.244 e. The molecule has 0 unspecified atom stereocenters. The van der Waals surface area contributed by atoms with Crippen LogP contribution in [0.1, 0.15) is 6.92 Å². The van der Waals surface area contributed by atoms with Gasteiger partial charge in [-0.3, -0.25) is 0 Å². The van der Waals surface area contributed by atoms with Gasteiger partial charge in [0.05, 0.1) is 5.02 Å². The fourth-order valence-corrected chi connectivity index (χ4v) is 3.97. The van der Waals surface area contributed by atoms with Crippen LogP contribution in [0.3, 0.4) is 0 Å². The van der Waals surface area contributed by atoms with E-state index in [4.69, 9.17) is 11.6 Å². The summed E-state index contributed by atoms with van der Waals surface area (Å²) in [6, 6.07) is 3.41. The highest BCUT2D eigenvalue weighted by atomic mass is 35.5. The second kappa shape index (κ2) is 6.37. The van der Waals surface area contributed by atoms with Crippen LogP contribution in [0, 0.1) is 5.82 Å². The van der Waals surface area contributed by atoms with E-state index >= 15 is 0 Å². The number of nitrogens with one attached hydrogen (secondary N) is 1. The van der Waals surface area contributed by atoms with E-state index < -0.39 is 15.8 Å². The molecule has 1 aliphatic rings. The van der Waals surface area contributed by atoms with Crippen LogP contribution < -0.4 is 5.32 Å². The van der Waals surface area contributed by atoms with Gasteiger partial charge in [0.2, 0.25) is 10.0 Å². The van der Waals surface area contributed by atoms with E-state index in [1.165, 1.54) is 10.4 Å². The molecule has 1 aromatic rings. The molecular formula is C11H15Cl2FN2O2S. The van der Waals surface area contributed by atoms with Crippen LogP contribution in [0.4, 0.5) is 4.39 Å². The molecule has 0 amide bonds. The summed E-state index contributed by atoms with van der Waals surface area (Å²) in [6.07, 6.45) is 0. The minimum atomic E-state index is -3.65. The molecule has 1 aliphatic heterocycles. The minimum absolute atomic E-state index is 0. The van der Waals surface area contributed by atoms with Gasteiger partial charge in [0.1, 0.15) is 10.7 Å². The van der Waals surface area contributed by atoms with Gasteiger partial charge in [0.15, 0.2) is 0 Å². The lowest BCUT2D eigenvalue weighted by molar-refractivity contribution is 0.310. The first kappa shape index (κ1) is 16.7. The van der Waals surface area contributed by atoms with Crippen molar-refractivity contribution in [2.45, 2.75) is 17.9 Å². The molecule has 0 spiro atoms. The van der Waals surface area contributed by atoms with Crippen LogP contribution in [0.2, 0.25) is 5.02 Å². The lowest BCUT2D eigenvalue weighted by atomic mass is 10.3. The van der Waals surface area contributed by atoms with Gasteiger partial charge >= 0.3 is 0 Å². The van der Waals surface area contributed by atoms with Gasteiger partial charge in [-0.15, -0.1) is 12.4 Å². The normalized spacial score (nSPS) is 20.9. The van der Waals surface area contributed by atoms with Gasteiger partial charge < -0.3 is 5.32 Å². The summed E-state index contributed by atoms with van der Waals surface area (Å²) in [6.45, 7) is 3.28. The number of hydrogen-bond acceptors (Lipinski definition) is 3. The van der Waals surface area contributed by atoms with Crippen molar-refractivity contribution in [3.05, 3.63) is 29.0 Å². The van der Waals surface area contributed by atoms with E-state index in [0.29, 0.717) is 19.6 Å². The van der Waals surface area contributed by atoms with Crippen molar-refractivity contribution in [1.82, 2.24) is 9.62 Å². The highest BCUT2D eigenvalue weighted by Crippen LogP contribution is 2.25. The van der Waals surface area contributed by atoms with Gasteiger partial charge in [-0.1, -0.05) is 11.6 Å². The zero-order valence-corrected chi connectivity index (χ0v) is 12.7. The average molecular weight is 329 g/mol. The monoisotopic (exact) mass is 328 g/mol. The molecule has 1 fully saturated rings. The maximum absolute atomic E-state index is 12.9. The van der Waals surface area contributed by atoms with Crippen LogP contribution in [0.5, 0.6) is 0 Å². The molecule has 0 bridgehead atoms. The topological polar surface area (TPSA) is 49.4 Å². The molecule has 0 saturated carbocycles. The predicted octanol–water partition coefficient (Wildman–Crippen LogP) is 1.88. The van der Waals surface area contributed by atoms with Gasteiger partial charge in [-0.05, 0) is 25.1 Å². The van der Waals surface area contributed by atoms with Crippen LogP contribution in [0.15, 0.2) is 23.1 Å². The standard InChI is InChI=1S/C11H14ClFN2O2S.ClH/c1-8-7-15(5-4-14-8)18(16,17)11-3-2-9(13)6-10(11)12;/h2-3,6,8,14H,4-5,7H2,1H3;1H/t8-;/m0./s1. The molecule has 108 valence electrons. The van der Waals surface area contributed by atoms with Crippen LogP contribution in [0.25, 0.3) is 0 Å². The second-order valence-corrected chi connectivity index (χ2v) is 6.61. The molecule has 8 heteroatoms. The van der Waals surface area contributed by atoms with Crippen molar-refractivity contribution in [2.24, 2.45) is 0 Å².